The van der Waals surface area contributed by atoms with Gasteiger partial charge in [-0.3, -0.25) is 0 Å². The van der Waals surface area contributed by atoms with E-state index in [9.17, 15) is 27.6 Å². The highest BCUT2D eigenvalue weighted by Gasteiger charge is 2.36. The van der Waals surface area contributed by atoms with Crippen molar-refractivity contribution in [3.63, 3.8) is 0 Å². The minimum atomic E-state index is -4.81. The van der Waals surface area contributed by atoms with E-state index in [0.717, 1.165) is 5.69 Å². The number of rotatable bonds is 8. The Bertz CT molecular complexity index is 1420. The summed E-state index contributed by atoms with van der Waals surface area (Å²) in [6, 6.07) is 9.26. The average Bonchev–Trinajstić information content (AvgIpc) is 2.88. The number of carboxylic acid groups (broad SMARTS) is 1. The molecule has 208 valence electrons. The molecule has 0 bridgehead atoms. The predicted molar refractivity (Wildman–Crippen MR) is 142 cm³/mol. The summed E-state index contributed by atoms with van der Waals surface area (Å²) in [5.74, 6) is -2.05. The molecule has 0 aliphatic carbocycles. The summed E-state index contributed by atoms with van der Waals surface area (Å²) in [7, 11) is -1.64. The molecule has 1 aliphatic heterocycles. The first-order chi connectivity index (χ1) is 18.4. The molecule has 2 aromatic carbocycles. The number of anilines is 5. The molecule has 1 aliphatic rings. The first-order valence-corrected chi connectivity index (χ1v) is 14.4. The van der Waals surface area contributed by atoms with Gasteiger partial charge in [0.15, 0.2) is 0 Å². The normalized spacial score (nSPS) is 14.2. The van der Waals surface area contributed by atoms with E-state index in [1.54, 1.807) is 18.2 Å². The minimum Gasteiger partial charge on any atom is -0.495 e. The van der Waals surface area contributed by atoms with E-state index >= 15 is 0 Å². The Morgan fingerprint density at radius 2 is 1.87 bits per heavy atom. The van der Waals surface area contributed by atoms with Crippen LogP contribution in [0.5, 0.6) is 5.75 Å². The second-order valence-corrected chi connectivity index (χ2v) is 12.2. The topological polar surface area (TPSA) is 126 Å². The third kappa shape index (κ3) is 6.43. The van der Waals surface area contributed by atoms with Crippen molar-refractivity contribution in [1.82, 2.24) is 9.97 Å². The Morgan fingerprint density at radius 3 is 2.49 bits per heavy atom. The molecule has 3 aromatic rings. The molecule has 0 spiro atoms. The number of methoxy groups -OCH3 is 1. The predicted octanol–water partition coefficient (Wildman–Crippen LogP) is 4.77. The maximum atomic E-state index is 13.9. The lowest BCUT2D eigenvalue weighted by molar-refractivity contribution is -0.137. The van der Waals surface area contributed by atoms with Crippen molar-refractivity contribution < 1.29 is 37.1 Å². The van der Waals surface area contributed by atoms with Gasteiger partial charge < -0.3 is 34.7 Å². The van der Waals surface area contributed by atoms with Gasteiger partial charge in [-0.1, -0.05) is 6.07 Å². The Hall–Kier alpha value is -3.83. The number of para-hydroxylation sites is 1. The fourth-order valence-corrected chi connectivity index (χ4v) is 5.24. The fourth-order valence-electron chi connectivity index (χ4n) is 4.08. The van der Waals surface area contributed by atoms with E-state index in [0.29, 0.717) is 37.8 Å². The summed E-state index contributed by atoms with van der Waals surface area (Å²) < 4.78 is 65.6. The summed E-state index contributed by atoms with van der Waals surface area (Å²) in [6.07, 6.45) is -4.22. The van der Waals surface area contributed by atoms with Crippen LogP contribution in [0.25, 0.3) is 0 Å². The molecule has 3 N–H and O–H groups in total. The van der Waals surface area contributed by atoms with Crippen LogP contribution in [0.3, 0.4) is 0 Å². The monoisotopic (exact) mass is 565 g/mol. The number of halogens is 3. The number of morpholine rings is 1. The van der Waals surface area contributed by atoms with E-state index in [1.807, 2.05) is 4.90 Å². The summed E-state index contributed by atoms with van der Waals surface area (Å²) in [5, 5.41) is 15.3. The number of hydrogen-bond acceptors (Lipinski definition) is 9. The standard InChI is InChI=1S/C25H27F3N5O5P/c1-37-19-6-4-5-16(23(34)35)21(19)31-24-29-14-17(25(26,27)28)22(32-24)30-18-8-7-15(13-20(18)39(2,3)36)33-9-11-38-12-10-33/h4-8,13-14H,9-12H2,1-3H3,(H,34,35)(H2,29,30,31,32). The van der Waals surface area contributed by atoms with Gasteiger partial charge in [-0.15, -0.1) is 0 Å². The van der Waals surface area contributed by atoms with Gasteiger partial charge in [-0.25, -0.2) is 9.78 Å². The van der Waals surface area contributed by atoms with Gasteiger partial charge in [-0.2, -0.15) is 18.2 Å². The van der Waals surface area contributed by atoms with Crippen molar-refractivity contribution >= 4 is 47.2 Å². The molecule has 4 rings (SSSR count). The summed E-state index contributed by atoms with van der Waals surface area (Å²) >= 11 is 0. The molecule has 0 radical (unpaired) electrons. The molecule has 1 fully saturated rings. The molecule has 14 heteroatoms. The van der Waals surface area contributed by atoms with E-state index in [1.165, 1.54) is 38.6 Å². The van der Waals surface area contributed by atoms with E-state index in [-0.39, 0.29) is 28.6 Å². The van der Waals surface area contributed by atoms with Crippen LogP contribution in [0.15, 0.2) is 42.6 Å². The van der Waals surface area contributed by atoms with E-state index < -0.39 is 30.7 Å². The Kier molecular flexibility index (Phi) is 8.03. The number of nitrogens with one attached hydrogen (secondary N) is 2. The zero-order chi connectivity index (χ0) is 28.4. The molecule has 10 nitrogen and oxygen atoms in total. The highest BCUT2D eigenvalue weighted by molar-refractivity contribution is 7.70. The molecule has 0 unspecified atom stereocenters. The lowest BCUT2D eigenvalue weighted by Gasteiger charge is -2.30. The maximum Gasteiger partial charge on any atom is 0.421 e. The van der Waals surface area contributed by atoms with Gasteiger partial charge in [0.25, 0.3) is 0 Å². The Balaban J connectivity index is 1.77. The maximum absolute atomic E-state index is 13.9. The van der Waals surface area contributed by atoms with Gasteiger partial charge in [-0.05, 0) is 43.7 Å². The van der Waals surface area contributed by atoms with Crippen molar-refractivity contribution in [2.24, 2.45) is 0 Å². The number of nitrogens with zero attached hydrogens (tertiary/aromatic N) is 3. The number of ether oxygens (including phenoxy) is 2. The number of hydrogen-bond donors (Lipinski definition) is 3. The summed E-state index contributed by atoms with van der Waals surface area (Å²) in [6.45, 7) is 5.39. The number of alkyl halides is 3. The van der Waals surface area contributed by atoms with E-state index in [4.69, 9.17) is 9.47 Å². The first kappa shape index (κ1) is 28.2. The number of carbonyl (C=O) groups is 1. The van der Waals surface area contributed by atoms with Gasteiger partial charge >= 0.3 is 12.1 Å². The summed E-state index contributed by atoms with van der Waals surface area (Å²) in [5.41, 5.74) is -0.399. The molecule has 0 amide bonds. The summed E-state index contributed by atoms with van der Waals surface area (Å²) in [4.78, 5) is 21.5. The van der Waals surface area contributed by atoms with Gasteiger partial charge in [0.05, 0.1) is 37.3 Å². The molecular formula is C25H27F3N5O5P. The van der Waals surface area contributed by atoms with Crippen molar-refractivity contribution in [3.8, 4) is 5.75 Å². The van der Waals surface area contributed by atoms with E-state index in [2.05, 4.69) is 20.6 Å². The minimum absolute atomic E-state index is 0.0274. The van der Waals surface area contributed by atoms with Crippen LogP contribution in [0, 0.1) is 0 Å². The van der Waals surface area contributed by atoms with Crippen molar-refractivity contribution in [2.45, 2.75) is 6.18 Å². The van der Waals surface area contributed by atoms with Crippen LogP contribution in [0.4, 0.5) is 42.0 Å². The van der Waals surface area contributed by atoms with Crippen molar-refractivity contribution in [1.29, 1.82) is 0 Å². The first-order valence-electron chi connectivity index (χ1n) is 11.8. The number of aromatic carboxylic acids is 1. The third-order valence-electron chi connectivity index (χ3n) is 6.00. The third-order valence-corrected chi connectivity index (χ3v) is 7.53. The lowest BCUT2D eigenvalue weighted by Crippen LogP contribution is -2.36. The van der Waals surface area contributed by atoms with Crippen molar-refractivity contribution in [2.75, 3.05) is 62.3 Å². The lowest BCUT2D eigenvalue weighted by atomic mass is 10.1. The Morgan fingerprint density at radius 1 is 1.15 bits per heavy atom. The largest absolute Gasteiger partial charge is 0.495 e. The second kappa shape index (κ2) is 11.1. The van der Waals surface area contributed by atoms with Crippen LogP contribution in [-0.2, 0) is 15.5 Å². The zero-order valence-electron chi connectivity index (χ0n) is 21.4. The molecule has 0 atom stereocenters. The molecule has 0 saturated carbocycles. The molecule has 39 heavy (non-hydrogen) atoms. The Labute approximate surface area is 222 Å². The van der Waals surface area contributed by atoms with Crippen LogP contribution >= 0.6 is 7.14 Å². The number of carboxylic acids is 1. The second-order valence-electron chi connectivity index (χ2n) is 9.04. The zero-order valence-corrected chi connectivity index (χ0v) is 22.3. The molecular weight excluding hydrogens is 538 g/mol. The number of aromatic nitrogens is 2. The van der Waals surface area contributed by atoms with Crippen LogP contribution in [0.2, 0.25) is 0 Å². The van der Waals surface area contributed by atoms with Gasteiger partial charge in [0.2, 0.25) is 5.95 Å². The average molecular weight is 565 g/mol. The highest BCUT2D eigenvalue weighted by Crippen LogP contribution is 2.42. The fraction of sp³-hybridized carbons (Fsp3) is 0.320. The van der Waals surface area contributed by atoms with Gasteiger partial charge in [0, 0.05) is 30.3 Å². The van der Waals surface area contributed by atoms with Gasteiger partial charge in [0.1, 0.15) is 24.3 Å². The quantitative estimate of drug-likeness (QED) is 0.329. The smallest absolute Gasteiger partial charge is 0.421 e. The van der Waals surface area contributed by atoms with Crippen molar-refractivity contribution in [3.05, 3.63) is 53.7 Å². The van der Waals surface area contributed by atoms with Crippen LogP contribution in [-0.4, -0.2) is 67.8 Å². The number of benzene rings is 2. The molecule has 1 aromatic heterocycles. The molecule has 1 saturated heterocycles. The van der Waals surface area contributed by atoms with Crippen LogP contribution < -0.4 is 25.6 Å². The SMILES string of the molecule is COc1cccc(C(=O)O)c1Nc1ncc(C(F)(F)F)c(Nc2ccc(N3CCOCC3)cc2P(C)(C)=O)n1. The highest BCUT2D eigenvalue weighted by atomic mass is 31.2. The van der Waals surface area contributed by atoms with Crippen LogP contribution in [0.1, 0.15) is 15.9 Å². The molecule has 2 heterocycles.